The smallest absolute Gasteiger partial charge is 0.243 e. The molecule has 122 valence electrons. The predicted octanol–water partition coefficient (Wildman–Crippen LogP) is 3.13. The van der Waals surface area contributed by atoms with Crippen molar-refractivity contribution in [1.82, 2.24) is 9.29 Å². The quantitative estimate of drug-likeness (QED) is 0.841. The standard InChI is InChI=1S/C16H18ClN3O2S/c17-16-11-14(7-8-18-16)19-12-13-3-5-15(6-4-13)23(21,22)20-9-1-2-10-20/h3-8,11H,1-2,9-10,12H2,(H,18,19). The molecule has 2 heterocycles. The van der Waals surface area contributed by atoms with Gasteiger partial charge in [-0.1, -0.05) is 23.7 Å². The van der Waals surface area contributed by atoms with Crippen molar-refractivity contribution in [2.45, 2.75) is 24.3 Å². The van der Waals surface area contributed by atoms with Gasteiger partial charge in [-0.3, -0.25) is 0 Å². The third-order valence-electron chi connectivity index (χ3n) is 3.85. The number of hydrogen-bond donors (Lipinski definition) is 1. The van der Waals surface area contributed by atoms with E-state index >= 15 is 0 Å². The SMILES string of the molecule is O=S(=O)(c1ccc(CNc2ccnc(Cl)c2)cc1)N1CCCC1. The van der Waals surface area contributed by atoms with Crippen LogP contribution in [0.15, 0.2) is 47.5 Å². The first-order valence-electron chi connectivity index (χ1n) is 7.50. The van der Waals surface area contributed by atoms with Crippen LogP contribution in [-0.4, -0.2) is 30.8 Å². The number of aromatic nitrogens is 1. The van der Waals surface area contributed by atoms with Gasteiger partial charge in [0.05, 0.1) is 4.90 Å². The second-order valence-electron chi connectivity index (χ2n) is 5.48. The Balaban J connectivity index is 1.67. The normalized spacial score (nSPS) is 15.7. The lowest BCUT2D eigenvalue weighted by atomic mass is 10.2. The molecule has 1 aliphatic heterocycles. The van der Waals surface area contributed by atoms with Crippen molar-refractivity contribution >= 4 is 27.3 Å². The van der Waals surface area contributed by atoms with Crippen LogP contribution in [0.5, 0.6) is 0 Å². The van der Waals surface area contributed by atoms with Crippen molar-refractivity contribution in [2.24, 2.45) is 0 Å². The molecule has 0 saturated carbocycles. The van der Waals surface area contributed by atoms with Crippen molar-refractivity contribution in [3.8, 4) is 0 Å². The summed E-state index contributed by atoms with van der Waals surface area (Å²) in [6.07, 6.45) is 3.52. The van der Waals surface area contributed by atoms with E-state index in [0.717, 1.165) is 24.1 Å². The molecule has 2 aromatic rings. The Labute approximate surface area is 141 Å². The highest BCUT2D eigenvalue weighted by Gasteiger charge is 2.26. The molecule has 0 aliphatic carbocycles. The minimum absolute atomic E-state index is 0.357. The fourth-order valence-electron chi connectivity index (χ4n) is 2.57. The number of benzene rings is 1. The molecule has 1 saturated heterocycles. The molecule has 3 rings (SSSR count). The van der Waals surface area contributed by atoms with Gasteiger partial charge < -0.3 is 5.32 Å². The van der Waals surface area contributed by atoms with Gasteiger partial charge >= 0.3 is 0 Å². The van der Waals surface area contributed by atoms with Gasteiger partial charge in [-0.25, -0.2) is 13.4 Å². The van der Waals surface area contributed by atoms with Crippen molar-refractivity contribution in [3.05, 3.63) is 53.3 Å². The highest BCUT2D eigenvalue weighted by molar-refractivity contribution is 7.89. The van der Waals surface area contributed by atoms with E-state index in [9.17, 15) is 8.42 Å². The maximum atomic E-state index is 12.5. The van der Waals surface area contributed by atoms with Crippen LogP contribution in [0.2, 0.25) is 5.15 Å². The van der Waals surface area contributed by atoms with Crippen LogP contribution < -0.4 is 5.32 Å². The van der Waals surface area contributed by atoms with Crippen LogP contribution in [0.25, 0.3) is 0 Å². The fraction of sp³-hybridized carbons (Fsp3) is 0.312. The van der Waals surface area contributed by atoms with Gasteiger partial charge in [0.15, 0.2) is 0 Å². The van der Waals surface area contributed by atoms with E-state index in [-0.39, 0.29) is 0 Å². The predicted molar refractivity (Wildman–Crippen MR) is 91.0 cm³/mol. The van der Waals surface area contributed by atoms with E-state index in [1.807, 2.05) is 18.2 Å². The first-order chi connectivity index (χ1) is 11.1. The summed E-state index contributed by atoms with van der Waals surface area (Å²) in [5.41, 5.74) is 1.87. The van der Waals surface area contributed by atoms with E-state index in [2.05, 4.69) is 10.3 Å². The number of sulfonamides is 1. The van der Waals surface area contributed by atoms with Crippen molar-refractivity contribution in [3.63, 3.8) is 0 Å². The van der Waals surface area contributed by atoms with Gasteiger partial charge in [-0.05, 0) is 42.7 Å². The summed E-state index contributed by atoms with van der Waals surface area (Å²) in [6, 6.07) is 10.6. The van der Waals surface area contributed by atoms with Gasteiger partial charge in [0, 0.05) is 31.5 Å². The molecule has 7 heteroatoms. The molecule has 0 radical (unpaired) electrons. The zero-order chi connectivity index (χ0) is 16.3. The molecule has 0 spiro atoms. The van der Waals surface area contributed by atoms with Gasteiger partial charge in [-0.15, -0.1) is 0 Å². The molecule has 1 aromatic carbocycles. The number of rotatable bonds is 5. The number of pyridine rings is 1. The lowest BCUT2D eigenvalue weighted by Crippen LogP contribution is -2.27. The molecule has 1 aliphatic rings. The first-order valence-corrected chi connectivity index (χ1v) is 9.32. The van der Waals surface area contributed by atoms with Crippen molar-refractivity contribution < 1.29 is 8.42 Å². The molecule has 5 nitrogen and oxygen atoms in total. The maximum absolute atomic E-state index is 12.5. The average Bonchev–Trinajstić information content (AvgIpc) is 3.09. The Hall–Kier alpha value is -1.63. The van der Waals surface area contributed by atoms with E-state index < -0.39 is 10.0 Å². The first kappa shape index (κ1) is 16.2. The van der Waals surface area contributed by atoms with Crippen molar-refractivity contribution in [1.29, 1.82) is 0 Å². The number of hydrogen-bond acceptors (Lipinski definition) is 4. The molecule has 0 unspecified atom stereocenters. The van der Waals surface area contributed by atoms with E-state index in [1.54, 1.807) is 28.7 Å². The van der Waals surface area contributed by atoms with E-state index in [0.29, 0.717) is 29.7 Å². The van der Waals surface area contributed by atoms with Crippen LogP contribution in [0.1, 0.15) is 18.4 Å². The molecule has 0 bridgehead atoms. The summed E-state index contributed by atoms with van der Waals surface area (Å²) < 4.78 is 26.5. The summed E-state index contributed by atoms with van der Waals surface area (Å²) in [5.74, 6) is 0. The summed E-state index contributed by atoms with van der Waals surface area (Å²) in [5, 5.41) is 3.66. The Morgan fingerprint density at radius 1 is 1.13 bits per heavy atom. The van der Waals surface area contributed by atoms with Gasteiger partial charge in [0.2, 0.25) is 10.0 Å². The topological polar surface area (TPSA) is 62.3 Å². The van der Waals surface area contributed by atoms with Gasteiger partial charge in [-0.2, -0.15) is 4.31 Å². The summed E-state index contributed by atoms with van der Waals surface area (Å²) >= 11 is 5.84. The molecule has 1 aromatic heterocycles. The minimum atomic E-state index is -3.34. The van der Waals surface area contributed by atoms with E-state index in [1.165, 1.54) is 0 Å². The summed E-state index contributed by atoms with van der Waals surface area (Å²) in [7, 11) is -3.34. The van der Waals surface area contributed by atoms with Crippen LogP contribution in [0.3, 0.4) is 0 Å². The summed E-state index contributed by atoms with van der Waals surface area (Å²) in [4.78, 5) is 4.28. The summed E-state index contributed by atoms with van der Waals surface area (Å²) in [6.45, 7) is 1.83. The molecular formula is C16H18ClN3O2S. The minimum Gasteiger partial charge on any atom is -0.381 e. The largest absolute Gasteiger partial charge is 0.381 e. The molecule has 1 fully saturated rings. The highest BCUT2D eigenvalue weighted by atomic mass is 35.5. The average molecular weight is 352 g/mol. The molecule has 0 atom stereocenters. The van der Waals surface area contributed by atoms with E-state index in [4.69, 9.17) is 11.6 Å². The second-order valence-corrected chi connectivity index (χ2v) is 7.80. The van der Waals surface area contributed by atoms with Gasteiger partial charge in [0.25, 0.3) is 0 Å². The second kappa shape index (κ2) is 6.86. The van der Waals surface area contributed by atoms with Crippen LogP contribution in [0.4, 0.5) is 5.69 Å². The fourth-order valence-corrected chi connectivity index (χ4v) is 4.26. The third-order valence-corrected chi connectivity index (χ3v) is 5.97. The molecule has 1 N–H and O–H groups in total. The Kier molecular flexibility index (Phi) is 4.84. The third kappa shape index (κ3) is 3.83. The lowest BCUT2D eigenvalue weighted by molar-refractivity contribution is 0.477. The molecule has 23 heavy (non-hydrogen) atoms. The number of nitrogens with zero attached hydrogens (tertiary/aromatic N) is 2. The lowest BCUT2D eigenvalue weighted by Gasteiger charge is -2.15. The molecule has 0 amide bonds. The van der Waals surface area contributed by atoms with Crippen LogP contribution in [-0.2, 0) is 16.6 Å². The van der Waals surface area contributed by atoms with Crippen LogP contribution >= 0.6 is 11.6 Å². The zero-order valence-corrected chi connectivity index (χ0v) is 14.1. The van der Waals surface area contributed by atoms with Crippen molar-refractivity contribution in [2.75, 3.05) is 18.4 Å². The Bertz CT molecular complexity index is 772. The number of halogens is 1. The van der Waals surface area contributed by atoms with Crippen LogP contribution in [0, 0.1) is 0 Å². The van der Waals surface area contributed by atoms with Gasteiger partial charge in [0.1, 0.15) is 5.15 Å². The Morgan fingerprint density at radius 2 is 1.83 bits per heavy atom. The number of nitrogens with one attached hydrogen (secondary N) is 1. The Morgan fingerprint density at radius 3 is 2.48 bits per heavy atom. The zero-order valence-electron chi connectivity index (χ0n) is 12.6. The number of anilines is 1. The molecular weight excluding hydrogens is 334 g/mol. The maximum Gasteiger partial charge on any atom is 0.243 e. The highest BCUT2D eigenvalue weighted by Crippen LogP contribution is 2.21. The monoisotopic (exact) mass is 351 g/mol.